The summed E-state index contributed by atoms with van der Waals surface area (Å²) < 4.78 is 11.4. The number of pyridine rings is 1. The fourth-order valence-electron chi connectivity index (χ4n) is 2.24. The Balaban J connectivity index is 2.26. The first-order valence-electron chi connectivity index (χ1n) is 6.20. The lowest BCUT2D eigenvalue weighted by atomic mass is 10.0. The van der Waals surface area contributed by atoms with Gasteiger partial charge in [0.15, 0.2) is 0 Å². The van der Waals surface area contributed by atoms with E-state index in [1.54, 1.807) is 17.5 Å². The molecule has 0 saturated heterocycles. The average Bonchev–Trinajstić information content (AvgIpc) is 3.16. The molecule has 0 saturated carbocycles. The summed E-state index contributed by atoms with van der Waals surface area (Å²) in [6.45, 7) is 0.658. The van der Waals surface area contributed by atoms with Crippen LogP contribution in [-0.2, 0) is 11.3 Å². The number of ketones is 1. The number of esters is 1. The van der Waals surface area contributed by atoms with Crippen LogP contribution in [0, 0.1) is 0 Å². The third-order valence-corrected chi connectivity index (χ3v) is 4.06. The van der Waals surface area contributed by atoms with Gasteiger partial charge in [-0.1, -0.05) is 6.07 Å². The minimum absolute atomic E-state index is 0.0611. The Morgan fingerprint density at radius 1 is 1.43 bits per heavy atom. The van der Waals surface area contributed by atoms with Gasteiger partial charge in [0, 0.05) is 6.07 Å². The maximum Gasteiger partial charge on any atom is 0.339 e. The molecule has 6 nitrogen and oxygen atoms in total. The second kappa shape index (κ2) is 5.17. The van der Waals surface area contributed by atoms with Gasteiger partial charge in [0.05, 0.1) is 29.7 Å². The highest BCUT2D eigenvalue weighted by molar-refractivity contribution is 7.12. The Morgan fingerprint density at radius 3 is 2.90 bits per heavy atom. The van der Waals surface area contributed by atoms with Gasteiger partial charge in [-0.15, -0.1) is 11.3 Å². The predicted molar refractivity (Wildman–Crippen MR) is 75.3 cm³/mol. The van der Waals surface area contributed by atoms with Crippen LogP contribution in [0.25, 0.3) is 0 Å². The lowest BCUT2D eigenvalue weighted by molar-refractivity contribution is 0.0596. The zero-order valence-corrected chi connectivity index (χ0v) is 11.9. The molecule has 0 amide bonds. The standard InChI is InChI=1S/C14H11NO5S/c1-19-14(18)8-7-10(16)15-4-5-20-13(15)11(8)12(17)9-3-2-6-21-9/h2-3,6-7H,4-5H2,1H3. The monoisotopic (exact) mass is 305 g/mol. The molecular formula is C14H11NO5S. The third kappa shape index (κ3) is 2.15. The molecule has 0 spiro atoms. The number of ether oxygens (including phenoxy) is 2. The van der Waals surface area contributed by atoms with E-state index in [9.17, 15) is 14.4 Å². The highest BCUT2D eigenvalue weighted by Gasteiger charge is 2.30. The van der Waals surface area contributed by atoms with Gasteiger partial charge >= 0.3 is 5.97 Å². The van der Waals surface area contributed by atoms with Crippen LogP contribution in [0.15, 0.2) is 28.4 Å². The lowest BCUT2D eigenvalue weighted by Crippen LogP contribution is -2.23. The Hall–Kier alpha value is -2.41. The second-order valence-electron chi connectivity index (χ2n) is 4.37. The molecule has 0 unspecified atom stereocenters. The smallest absolute Gasteiger partial charge is 0.339 e. The molecule has 3 rings (SSSR count). The summed E-state index contributed by atoms with van der Waals surface area (Å²) in [5.41, 5.74) is -0.360. The first-order valence-corrected chi connectivity index (χ1v) is 7.08. The molecule has 0 aliphatic carbocycles. The molecule has 3 heterocycles. The minimum Gasteiger partial charge on any atom is -0.476 e. The van der Waals surface area contributed by atoms with Crippen molar-refractivity contribution in [3.8, 4) is 5.88 Å². The van der Waals surface area contributed by atoms with E-state index in [4.69, 9.17) is 4.74 Å². The molecule has 0 radical (unpaired) electrons. The number of thiophene rings is 1. The molecule has 7 heteroatoms. The molecule has 1 aliphatic heterocycles. The SMILES string of the molecule is COC(=O)c1cc(=O)n2c(c1C(=O)c1cccs1)OCC2. The van der Waals surface area contributed by atoms with E-state index in [-0.39, 0.29) is 28.3 Å². The van der Waals surface area contributed by atoms with E-state index < -0.39 is 5.97 Å². The van der Waals surface area contributed by atoms with E-state index >= 15 is 0 Å². The fourth-order valence-corrected chi connectivity index (χ4v) is 2.91. The topological polar surface area (TPSA) is 74.6 Å². The van der Waals surface area contributed by atoms with Gasteiger partial charge in [-0.05, 0) is 11.4 Å². The number of hydrogen-bond acceptors (Lipinski definition) is 6. The number of hydrogen-bond donors (Lipinski definition) is 0. The van der Waals surface area contributed by atoms with E-state index in [1.165, 1.54) is 23.0 Å². The van der Waals surface area contributed by atoms with E-state index in [0.29, 0.717) is 18.0 Å². The van der Waals surface area contributed by atoms with Crippen LogP contribution in [0.5, 0.6) is 5.88 Å². The number of fused-ring (bicyclic) bond motifs is 1. The Labute approximate surface area is 123 Å². The normalized spacial score (nSPS) is 12.6. The van der Waals surface area contributed by atoms with Crippen molar-refractivity contribution in [1.82, 2.24) is 4.57 Å². The molecule has 0 fully saturated rings. The first kappa shape index (κ1) is 13.6. The van der Waals surface area contributed by atoms with Crippen molar-refractivity contribution in [3.05, 3.63) is 49.9 Å². The summed E-state index contributed by atoms with van der Waals surface area (Å²) in [4.78, 5) is 37.0. The molecule has 2 aromatic rings. The Kier molecular flexibility index (Phi) is 3.34. The highest BCUT2D eigenvalue weighted by atomic mass is 32.1. The maximum absolute atomic E-state index is 12.6. The van der Waals surface area contributed by atoms with Crippen LogP contribution in [0.3, 0.4) is 0 Å². The second-order valence-corrected chi connectivity index (χ2v) is 5.32. The minimum atomic E-state index is -0.731. The molecule has 0 atom stereocenters. The summed E-state index contributed by atoms with van der Waals surface area (Å²) in [5, 5.41) is 1.77. The molecule has 21 heavy (non-hydrogen) atoms. The van der Waals surface area contributed by atoms with Crippen LogP contribution in [0.2, 0.25) is 0 Å². The van der Waals surface area contributed by atoms with Crippen LogP contribution in [0.4, 0.5) is 0 Å². The first-order chi connectivity index (χ1) is 10.1. The van der Waals surface area contributed by atoms with Crippen molar-refractivity contribution >= 4 is 23.1 Å². The van der Waals surface area contributed by atoms with E-state index in [0.717, 1.165) is 6.07 Å². The predicted octanol–water partition coefficient (Wildman–Crippen LogP) is 1.32. The molecule has 108 valence electrons. The summed E-state index contributed by atoms with van der Waals surface area (Å²) >= 11 is 1.26. The van der Waals surface area contributed by atoms with Crippen molar-refractivity contribution in [1.29, 1.82) is 0 Å². The van der Waals surface area contributed by atoms with Crippen LogP contribution in [-0.4, -0.2) is 30.0 Å². The third-order valence-electron chi connectivity index (χ3n) is 3.19. The van der Waals surface area contributed by atoms with E-state index in [2.05, 4.69) is 4.74 Å². The highest BCUT2D eigenvalue weighted by Crippen LogP contribution is 2.28. The zero-order chi connectivity index (χ0) is 15.0. The molecule has 0 N–H and O–H groups in total. The fraction of sp³-hybridized carbons (Fsp3) is 0.214. The summed E-state index contributed by atoms with van der Waals surface area (Å²) in [6.07, 6.45) is 0. The van der Waals surface area contributed by atoms with Gasteiger partial charge in [-0.25, -0.2) is 4.79 Å². The van der Waals surface area contributed by atoms with Gasteiger partial charge in [0.25, 0.3) is 5.56 Å². The quantitative estimate of drug-likeness (QED) is 0.631. The van der Waals surface area contributed by atoms with Crippen LogP contribution in [0.1, 0.15) is 25.6 Å². The number of carbonyl (C=O) groups excluding carboxylic acids is 2. The van der Waals surface area contributed by atoms with Crippen molar-refractivity contribution in [2.75, 3.05) is 13.7 Å². The number of rotatable bonds is 3. The average molecular weight is 305 g/mol. The molecule has 0 bridgehead atoms. The summed E-state index contributed by atoms with van der Waals surface area (Å²) in [6, 6.07) is 4.53. The largest absolute Gasteiger partial charge is 0.476 e. The summed E-state index contributed by atoms with van der Waals surface area (Å²) in [5.74, 6) is -0.941. The van der Waals surface area contributed by atoms with Gasteiger partial charge in [-0.3, -0.25) is 14.2 Å². The van der Waals surface area contributed by atoms with E-state index in [1.807, 2.05) is 0 Å². The molecule has 0 aromatic carbocycles. The zero-order valence-electron chi connectivity index (χ0n) is 11.1. The number of nitrogens with zero attached hydrogens (tertiary/aromatic N) is 1. The molecule has 2 aromatic heterocycles. The van der Waals surface area contributed by atoms with Crippen molar-refractivity contribution < 1.29 is 19.1 Å². The van der Waals surface area contributed by atoms with Gasteiger partial charge in [0.1, 0.15) is 6.61 Å². The van der Waals surface area contributed by atoms with Gasteiger partial charge in [-0.2, -0.15) is 0 Å². The Bertz CT molecular complexity index is 775. The maximum atomic E-state index is 12.6. The van der Waals surface area contributed by atoms with Crippen molar-refractivity contribution in [3.63, 3.8) is 0 Å². The van der Waals surface area contributed by atoms with Gasteiger partial charge in [0.2, 0.25) is 11.7 Å². The van der Waals surface area contributed by atoms with Crippen molar-refractivity contribution in [2.45, 2.75) is 6.54 Å². The number of aromatic nitrogens is 1. The Morgan fingerprint density at radius 2 is 2.24 bits per heavy atom. The van der Waals surface area contributed by atoms with Crippen LogP contribution >= 0.6 is 11.3 Å². The summed E-state index contributed by atoms with van der Waals surface area (Å²) in [7, 11) is 1.20. The number of carbonyl (C=O) groups is 2. The molecule has 1 aliphatic rings. The molecular weight excluding hydrogens is 294 g/mol. The lowest BCUT2D eigenvalue weighted by Gasteiger charge is -2.11. The van der Waals surface area contributed by atoms with Crippen molar-refractivity contribution in [2.24, 2.45) is 0 Å². The number of methoxy groups -OCH3 is 1. The van der Waals surface area contributed by atoms with Gasteiger partial charge < -0.3 is 9.47 Å². The van der Waals surface area contributed by atoms with Crippen LogP contribution < -0.4 is 10.3 Å².